The van der Waals surface area contributed by atoms with Crippen molar-refractivity contribution in [3.8, 4) is 11.3 Å². The summed E-state index contributed by atoms with van der Waals surface area (Å²) in [6.07, 6.45) is 6.83. The summed E-state index contributed by atoms with van der Waals surface area (Å²) in [5.74, 6) is -0.491. The molecule has 5 heterocycles. The molecule has 4 amide bonds. The largest absolute Gasteiger partial charge is 0.385 e. The first-order chi connectivity index (χ1) is 20.9. The Morgan fingerprint density at radius 1 is 0.907 bits per heavy atom. The monoisotopic (exact) mass is 579 g/mol. The summed E-state index contributed by atoms with van der Waals surface area (Å²) in [5, 5.41) is 14.1. The molecule has 0 bridgehead atoms. The second-order valence-corrected chi connectivity index (χ2v) is 12.6. The van der Waals surface area contributed by atoms with E-state index >= 15 is 0 Å². The van der Waals surface area contributed by atoms with Crippen molar-refractivity contribution in [2.45, 2.75) is 62.4 Å². The third-order valence-corrected chi connectivity index (χ3v) is 9.59. The van der Waals surface area contributed by atoms with Gasteiger partial charge in [0.25, 0.3) is 11.8 Å². The highest BCUT2D eigenvalue weighted by Gasteiger charge is 2.44. The fourth-order valence-electron chi connectivity index (χ4n) is 6.70. The van der Waals surface area contributed by atoms with E-state index in [1.165, 1.54) is 24.1 Å². The number of imide groups is 2. The van der Waals surface area contributed by atoms with E-state index in [2.05, 4.69) is 45.0 Å². The second kappa shape index (κ2) is 10.1. The first-order valence-corrected chi connectivity index (χ1v) is 15.3. The molecule has 1 aromatic carbocycles. The van der Waals surface area contributed by atoms with E-state index in [0.29, 0.717) is 23.8 Å². The summed E-state index contributed by atoms with van der Waals surface area (Å²) < 4.78 is 2.15. The number of anilines is 1. The van der Waals surface area contributed by atoms with Gasteiger partial charge in [-0.15, -0.1) is 0 Å². The van der Waals surface area contributed by atoms with Crippen LogP contribution in [0.2, 0.25) is 0 Å². The van der Waals surface area contributed by atoms with Crippen molar-refractivity contribution in [3.63, 3.8) is 0 Å². The maximum absolute atomic E-state index is 13.1. The van der Waals surface area contributed by atoms with E-state index in [4.69, 9.17) is 10.1 Å². The molecule has 1 atom stereocenters. The van der Waals surface area contributed by atoms with Crippen LogP contribution in [0, 0.1) is 5.92 Å². The summed E-state index contributed by atoms with van der Waals surface area (Å²) in [6.45, 7) is 2.73. The lowest BCUT2D eigenvalue weighted by molar-refractivity contribution is -0.136. The number of hydrogen-bond donors (Lipinski definition) is 3. The molecule has 220 valence electrons. The molecular formula is C32H33N7O4. The average molecular weight is 580 g/mol. The summed E-state index contributed by atoms with van der Waals surface area (Å²) in [6, 6.07) is 10.9. The molecule has 2 aromatic heterocycles. The second-order valence-electron chi connectivity index (χ2n) is 12.6. The van der Waals surface area contributed by atoms with E-state index < -0.39 is 23.8 Å². The van der Waals surface area contributed by atoms with Crippen LogP contribution in [-0.2, 0) is 9.59 Å². The standard InChI is InChI=1S/C32H33N7O4/c40-28-9-8-27(30(41)36-28)39-31(42)22-7-6-20(12-23(22)32(39)43)34-13-17-10-21(11-17)38-16-24(29(37-38)18-4-5-18)26-3-1-2-25(35-26)19-14-33-15-19/h1-3,6-7,12,16-19,21,27,33-34H,4-5,8-11,13-15H2,(H,36,40,41). The number of hydrogen-bond acceptors (Lipinski definition) is 8. The molecule has 1 unspecified atom stereocenters. The maximum atomic E-state index is 13.1. The number of benzene rings is 1. The summed E-state index contributed by atoms with van der Waals surface area (Å²) in [4.78, 5) is 56.0. The van der Waals surface area contributed by atoms with Gasteiger partial charge >= 0.3 is 0 Å². The van der Waals surface area contributed by atoms with Crippen molar-refractivity contribution in [2.75, 3.05) is 25.0 Å². The van der Waals surface area contributed by atoms with Crippen molar-refractivity contribution in [1.29, 1.82) is 0 Å². The van der Waals surface area contributed by atoms with Crippen LogP contribution in [0.5, 0.6) is 0 Å². The highest BCUT2D eigenvalue weighted by molar-refractivity contribution is 6.23. The van der Waals surface area contributed by atoms with Crippen LogP contribution in [0.3, 0.4) is 0 Å². The SMILES string of the molecule is O=C1CCC(N2C(=O)c3ccc(NCC4CC(n5cc(-c6cccc(C7CNC7)n6)c(C6CC6)n5)C4)cc3C2=O)C(=O)N1. The smallest absolute Gasteiger partial charge is 0.262 e. The van der Waals surface area contributed by atoms with Crippen molar-refractivity contribution in [1.82, 2.24) is 30.3 Å². The minimum atomic E-state index is -0.962. The van der Waals surface area contributed by atoms with Gasteiger partial charge in [0.05, 0.1) is 28.6 Å². The van der Waals surface area contributed by atoms with Crippen LogP contribution < -0.4 is 16.0 Å². The maximum Gasteiger partial charge on any atom is 0.262 e. The van der Waals surface area contributed by atoms with Gasteiger partial charge in [0.1, 0.15) is 6.04 Å². The molecule has 3 N–H and O–H groups in total. The van der Waals surface area contributed by atoms with Crippen LogP contribution in [0.25, 0.3) is 11.3 Å². The molecule has 3 aliphatic heterocycles. The topological polar surface area (TPSA) is 138 Å². The van der Waals surface area contributed by atoms with E-state index in [-0.39, 0.29) is 29.9 Å². The molecule has 11 nitrogen and oxygen atoms in total. The summed E-state index contributed by atoms with van der Waals surface area (Å²) in [5.41, 5.74) is 5.86. The predicted molar refractivity (Wildman–Crippen MR) is 156 cm³/mol. The van der Waals surface area contributed by atoms with Gasteiger partial charge in [-0.1, -0.05) is 6.07 Å². The predicted octanol–water partition coefficient (Wildman–Crippen LogP) is 2.97. The third-order valence-electron chi connectivity index (χ3n) is 9.59. The molecule has 0 radical (unpaired) electrons. The van der Waals surface area contributed by atoms with Gasteiger partial charge in [-0.05, 0) is 68.4 Å². The Balaban J connectivity index is 0.911. The zero-order valence-corrected chi connectivity index (χ0v) is 23.7. The van der Waals surface area contributed by atoms with Crippen LogP contribution in [-0.4, -0.2) is 69.0 Å². The number of rotatable bonds is 8. The molecule has 43 heavy (non-hydrogen) atoms. The Kier molecular flexibility index (Phi) is 6.18. The number of piperidine rings is 1. The van der Waals surface area contributed by atoms with Gasteiger partial charge in [-0.2, -0.15) is 5.10 Å². The van der Waals surface area contributed by atoms with Crippen molar-refractivity contribution in [2.24, 2.45) is 5.92 Å². The molecule has 2 saturated heterocycles. The van der Waals surface area contributed by atoms with E-state index in [1.54, 1.807) is 18.2 Å². The molecule has 5 aliphatic rings. The molecule has 11 heteroatoms. The van der Waals surface area contributed by atoms with E-state index in [0.717, 1.165) is 54.5 Å². The zero-order valence-electron chi connectivity index (χ0n) is 23.7. The lowest BCUT2D eigenvalue weighted by Crippen LogP contribution is -2.54. The Hall–Kier alpha value is -4.38. The van der Waals surface area contributed by atoms with E-state index in [9.17, 15) is 19.2 Å². The Morgan fingerprint density at radius 3 is 2.47 bits per heavy atom. The number of fused-ring (bicyclic) bond motifs is 1. The highest BCUT2D eigenvalue weighted by Crippen LogP contribution is 2.45. The number of carbonyl (C=O) groups is 4. The number of pyridine rings is 1. The molecule has 2 saturated carbocycles. The Morgan fingerprint density at radius 2 is 1.72 bits per heavy atom. The van der Waals surface area contributed by atoms with Crippen molar-refractivity contribution < 1.29 is 19.2 Å². The van der Waals surface area contributed by atoms with Crippen LogP contribution in [0.1, 0.15) is 88.5 Å². The molecular weight excluding hydrogens is 546 g/mol. The quantitative estimate of drug-likeness (QED) is 0.347. The number of nitrogens with one attached hydrogen (secondary N) is 3. The van der Waals surface area contributed by atoms with Gasteiger partial charge in [-0.3, -0.25) is 39.1 Å². The molecule has 0 spiro atoms. The van der Waals surface area contributed by atoms with Crippen LogP contribution in [0.15, 0.2) is 42.6 Å². The fourth-order valence-corrected chi connectivity index (χ4v) is 6.70. The molecule has 2 aliphatic carbocycles. The molecule has 4 fully saturated rings. The first kappa shape index (κ1) is 26.3. The number of carbonyl (C=O) groups excluding carboxylic acids is 4. The normalized spacial score (nSPS) is 25.3. The lowest BCUT2D eigenvalue weighted by atomic mass is 9.80. The van der Waals surface area contributed by atoms with Crippen LogP contribution >= 0.6 is 0 Å². The first-order valence-electron chi connectivity index (χ1n) is 15.3. The fraction of sp³-hybridized carbons (Fsp3) is 0.438. The van der Waals surface area contributed by atoms with Gasteiger partial charge in [0.2, 0.25) is 11.8 Å². The van der Waals surface area contributed by atoms with Crippen molar-refractivity contribution in [3.05, 3.63) is 65.1 Å². The number of aromatic nitrogens is 3. The van der Waals surface area contributed by atoms with Gasteiger partial charge in [0.15, 0.2) is 0 Å². The summed E-state index contributed by atoms with van der Waals surface area (Å²) >= 11 is 0. The number of nitrogens with zero attached hydrogens (tertiary/aromatic N) is 4. The summed E-state index contributed by atoms with van der Waals surface area (Å²) in [7, 11) is 0. The lowest BCUT2D eigenvalue weighted by Gasteiger charge is -2.35. The van der Waals surface area contributed by atoms with E-state index in [1.807, 2.05) is 0 Å². The average Bonchev–Trinajstić information content (AvgIpc) is 3.65. The minimum absolute atomic E-state index is 0.100. The van der Waals surface area contributed by atoms with Crippen molar-refractivity contribution >= 4 is 29.3 Å². The minimum Gasteiger partial charge on any atom is -0.385 e. The highest BCUT2D eigenvalue weighted by atomic mass is 16.2. The molecule has 3 aromatic rings. The third kappa shape index (κ3) is 4.62. The Bertz CT molecular complexity index is 1670. The zero-order chi connectivity index (χ0) is 29.2. The van der Waals surface area contributed by atoms with Gasteiger partial charge in [-0.25, -0.2) is 0 Å². The van der Waals surface area contributed by atoms with Crippen LogP contribution in [0.4, 0.5) is 5.69 Å². The Labute approximate surface area is 248 Å². The molecule has 8 rings (SSSR count). The van der Waals surface area contributed by atoms with Gasteiger partial charge in [0, 0.05) is 61.0 Å². The van der Waals surface area contributed by atoms with Gasteiger partial charge < -0.3 is 10.6 Å². The number of amides is 4.